The molecule has 0 aromatic carbocycles. The van der Waals surface area contributed by atoms with Crippen LogP contribution in [-0.2, 0) is 0 Å². The second-order valence-electron chi connectivity index (χ2n) is 12.1. The summed E-state index contributed by atoms with van der Waals surface area (Å²) in [7, 11) is 0. The smallest absolute Gasteiger partial charge is 0.242 e. The molecule has 0 aromatic rings. The Hall–Kier alpha value is -1.04. The van der Waals surface area contributed by atoms with Gasteiger partial charge in [-0.25, -0.2) is 8.78 Å². The van der Waals surface area contributed by atoms with Gasteiger partial charge < -0.3 is 15.1 Å². The van der Waals surface area contributed by atoms with Crippen LogP contribution in [0.3, 0.4) is 0 Å². The lowest BCUT2D eigenvalue weighted by Gasteiger charge is -2.45. The maximum absolute atomic E-state index is 13.3. The number of hydrogen-bond acceptors (Lipinski definition) is 3. The molecular weight excluding hydrogens is 432 g/mol. The largest absolute Gasteiger partial charge is 0.392 e. The van der Waals surface area contributed by atoms with Crippen LogP contribution in [-0.4, -0.2) is 53.4 Å². The van der Waals surface area contributed by atoms with Crippen molar-refractivity contribution in [2.24, 2.45) is 35.0 Å². The Labute approximate surface area is 205 Å². The standard InChI is InChI=1S/C29H45F2NO2/c1-18(16-32-14-6-8-23(17-32)28(30)31)24-11-12-25-21(7-5-13-29(24,25)4)9-10-22-15-26(33)20(3)27(34)19(22)2/h9-10,18,20,23-28,33-34H,2,5-8,11-17H2,1,3-4H3/b21-9+,22-10-/t18-,20?,23+,24-,25+,26?,27?,29-/m1/s1. The number of aliphatic hydroxyl groups excluding tert-OH is 2. The first-order valence-corrected chi connectivity index (χ1v) is 13.6. The van der Waals surface area contributed by atoms with Crippen LogP contribution >= 0.6 is 0 Å². The van der Waals surface area contributed by atoms with Crippen LogP contribution in [0.5, 0.6) is 0 Å². The molecule has 1 saturated heterocycles. The number of alkyl halides is 2. The molecule has 5 heteroatoms. The van der Waals surface area contributed by atoms with Gasteiger partial charge in [-0.3, -0.25) is 0 Å². The van der Waals surface area contributed by atoms with Gasteiger partial charge in [-0.05, 0) is 92.2 Å². The normalized spacial score (nSPS) is 43.0. The molecule has 1 heterocycles. The number of hydrogen-bond donors (Lipinski definition) is 2. The quantitative estimate of drug-likeness (QED) is 0.511. The summed E-state index contributed by atoms with van der Waals surface area (Å²) in [4.78, 5) is 2.30. The van der Waals surface area contributed by atoms with E-state index in [4.69, 9.17) is 0 Å². The molecular formula is C29H45F2NO2. The Morgan fingerprint density at radius 1 is 1.18 bits per heavy atom. The molecule has 3 saturated carbocycles. The molecule has 0 spiro atoms. The van der Waals surface area contributed by atoms with Crippen molar-refractivity contribution < 1.29 is 19.0 Å². The summed E-state index contributed by atoms with van der Waals surface area (Å²) >= 11 is 0. The molecule has 0 aromatic heterocycles. The van der Waals surface area contributed by atoms with E-state index in [1.165, 1.54) is 31.3 Å². The molecule has 34 heavy (non-hydrogen) atoms. The first-order valence-electron chi connectivity index (χ1n) is 13.6. The number of likely N-dealkylation sites (tertiary alicyclic amines) is 1. The molecule has 3 nitrogen and oxygen atoms in total. The number of allylic oxidation sites excluding steroid dienone is 3. The molecule has 0 radical (unpaired) electrons. The molecule has 3 aliphatic carbocycles. The van der Waals surface area contributed by atoms with Crippen molar-refractivity contribution in [3.8, 4) is 0 Å². The molecule has 192 valence electrons. The van der Waals surface area contributed by atoms with Gasteiger partial charge in [0.15, 0.2) is 0 Å². The molecule has 3 unspecified atom stereocenters. The van der Waals surface area contributed by atoms with Gasteiger partial charge in [-0.15, -0.1) is 0 Å². The number of piperidine rings is 1. The highest BCUT2D eigenvalue weighted by molar-refractivity contribution is 5.39. The second kappa shape index (κ2) is 10.5. The maximum atomic E-state index is 13.3. The average Bonchev–Trinajstić information content (AvgIpc) is 3.17. The van der Waals surface area contributed by atoms with Crippen LogP contribution in [0.4, 0.5) is 8.78 Å². The molecule has 0 bridgehead atoms. The summed E-state index contributed by atoms with van der Waals surface area (Å²) in [5, 5.41) is 20.8. The fraction of sp³-hybridized carbons (Fsp3) is 0.793. The van der Waals surface area contributed by atoms with Crippen LogP contribution in [0, 0.1) is 35.0 Å². The molecule has 4 fully saturated rings. The fourth-order valence-electron chi connectivity index (χ4n) is 7.85. The summed E-state index contributed by atoms with van der Waals surface area (Å²) < 4.78 is 26.6. The van der Waals surface area contributed by atoms with Gasteiger partial charge in [0.2, 0.25) is 6.43 Å². The molecule has 0 amide bonds. The fourth-order valence-corrected chi connectivity index (χ4v) is 7.85. The van der Waals surface area contributed by atoms with E-state index in [0.717, 1.165) is 37.1 Å². The third kappa shape index (κ3) is 5.08. The number of fused-ring (bicyclic) bond motifs is 1. The predicted molar refractivity (Wildman–Crippen MR) is 134 cm³/mol. The number of nitrogens with zero attached hydrogens (tertiary/aromatic N) is 1. The van der Waals surface area contributed by atoms with Gasteiger partial charge in [-0.1, -0.05) is 45.1 Å². The topological polar surface area (TPSA) is 43.7 Å². The Morgan fingerprint density at radius 2 is 1.94 bits per heavy atom. The summed E-state index contributed by atoms with van der Waals surface area (Å²) in [6.07, 6.45) is 9.02. The third-order valence-electron chi connectivity index (χ3n) is 9.97. The molecule has 4 rings (SSSR count). The van der Waals surface area contributed by atoms with E-state index in [-0.39, 0.29) is 11.3 Å². The summed E-state index contributed by atoms with van der Waals surface area (Å²) in [6.45, 7) is 13.2. The third-order valence-corrected chi connectivity index (χ3v) is 9.97. The Balaban J connectivity index is 1.45. The number of aliphatic hydroxyl groups is 2. The van der Waals surface area contributed by atoms with E-state index < -0.39 is 24.6 Å². The van der Waals surface area contributed by atoms with Crippen LogP contribution in [0.2, 0.25) is 0 Å². The van der Waals surface area contributed by atoms with E-state index in [2.05, 4.69) is 37.5 Å². The Kier molecular flexibility index (Phi) is 8.06. The van der Waals surface area contributed by atoms with Crippen LogP contribution in [0.1, 0.15) is 72.1 Å². The predicted octanol–water partition coefficient (Wildman–Crippen LogP) is 5.99. The monoisotopic (exact) mass is 477 g/mol. The summed E-state index contributed by atoms with van der Waals surface area (Å²) in [6, 6.07) is 0. The Bertz CT molecular complexity index is 808. The van der Waals surface area contributed by atoms with Gasteiger partial charge >= 0.3 is 0 Å². The van der Waals surface area contributed by atoms with Crippen molar-refractivity contribution in [3.05, 3.63) is 35.5 Å². The van der Waals surface area contributed by atoms with Gasteiger partial charge in [0.1, 0.15) is 0 Å². The van der Waals surface area contributed by atoms with Crippen molar-refractivity contribution in [2.45, 2.75) is 90.8 Å². The van der Waals surface area contributed by atoms with Crippen molar-refractivity contribution in [2.75, 3.05) is 19.6 Å². The highest BCUT2D eigenvalue weighted by atomic mass is 19.3. The minimum atomic E-state index is -2.20. The van der Waals surface area contributed by atoms with Crippen LogP contribution in [0.15, 0.2) is 35.5 Å². The molecule has 2 N–H and O–H groups in total. The highest BCUT2D eigenvalue weighted by Crippen LogP contribution is 2.59. The van der Waals surface area contributed by atoms with Crippen LogP contribution in [0.25, 0.3) is 0 Å². The lowest BCUT2D eigenvalue weighted by atomic mass is 9.61. The molecule has 1 aliphatic heterocycles. The lowest BCUT2D eigenvalue weighted by molar-refractivity contribution is 0.0132. The van der Waals surface area contributed by atoms with Gasteiger partial charge in [-0.2, -0.15) is 0 Å². The highest BCUT2D eigenvalue weighted by Gasteiger charge is 2.51. The van der Waals surface area contributed by atoms with Crippen molar-refractivity contribution in [3.63, 3.8) is 0 Å². The second-order valence-corrected chi connectivity index (χ2v) is 12.1. The molecule has 8 atom stereocenters. The SMILES string of the molecule is C=C1/C(=C\C=C2/CCC[C@]3(C)[C@@H]([C@H](C)CN4CCC[C@H](C(F)F)C4)CC[C@@H]23)CC(O)C(C)C1O. The lowest BCUT2D eigenvalue weighted by Crippen LogP contribution is -2.44. The first-order chi connectivity index (χ1) is 16.1. The van der Waals surface area contributed by atoms with E-state index in [0.29, 0.717) is 37.1 Å². The summed E-state index contributed by atoms with van der Waals surface area (Å²) in [5.41, 5.74) is 3.48. The zero-order chi connectivity index (χ0) is 24.6. The average molecular weight is 478 g/mol. The van der Waals surface area contributed by atoms with E-state index in [9.17, 15) is 19.0 Å². The Morgan fingerprint density at radius 3 is 2.68 bits per heavy atom. The number of halogens is 2. The van der Waals surface area contributed by atoms with Crippen LogP contribution < -0.4 is 0 Å². The van der Waals surface area contributed by atoms with Crippen molar-refractivity contribution >= 4 is 0 Å². The maximum Gasteiger partial charge on any atom is 0.242 e. The van der Waals surface area contributed by atoms with E-state index in [1.54, 1.807) is 0 Å². The minimum absolute atomic E-state index is 0.178. The zero-order valence-corrected chi connectivity index (χ0v) is 21.4. The van der Waals surface area contributed by atoms with Crippen molar-refractivity contribution in [1.82, 2.24) is 4.90 Å². The van der Waals surface area contributed by atoms with E-state index in [1.807, 2.05) is 6.92 Å². The van der Waals surface area contributed by atoms with Gasteiger partial charge in [0.25, 0.3) is 0 Å². The minimum Gasteiger partial charge on any atom is -0.392 e. The zero-order valence-electron chi connectivity index (χ0n) is 21.4. The first kappa shape index (κ1) is 26.0. The van der Waals surface area contributed by atoms with Gasteiger partial charge in [0, 0.05) is 24.9 Å². The van der Waals surface area contributed by atoms with Crippen molar-refractivity contribution in [1.29, 1.82) is 0 Å². The van der Waals surface area contributed by atoms with E-state index >= 15 is 0 Å². The molecule has 4 aliphatic rings. The van der Waals surface area contributed by atoms with Gasteiger partial charge in [0.05, 0.1) is 12.2 Å². The summed E-state index contributed by atoms with van der Waals surface area (Å²) in [5.74, 6) is 1.05. The number of rotatable bonds is 5.